The van der Waals surface area contributed by atoms with Gasteiger partial charge in [0, 0.05) is 12.2 Å². The summed E-state index contributed by atoms with van der Waals surface area (Å²) in [7, 11) is -7.14. The molecule has 14 heteroatoms. The lowest BCUT2D eigenvalue weighted by Crippen LogP contribution is -2.48. The molecule has 2 N–H and O–H groups in total. The molecule has 1 atom stereocenters. The first kappa shape index (κ1) is 32.1. The van der Waals surface area contributed by atoms with E-state index in [0.29, 0.717) is 15.8 Å². The molecule has 0 spiro atoms. The first-order valence-electron chi connectivity index (χ1n) is 14.3. The standard InChI is InChI=1S/C30H30BF5N2O5S/c32-24-25(33)27(35)29(28(36)26(24)34)44(42,43)38-16-4-7-23(38)30(39)37(22-14-12-21(13-15-22)31(40)41)17-18-8-10-20(11-9-18)19-5-2-1-3-6-19/h8-15,19,23,40-41H,1-7,16-17H2/t23-/m1/s1. The van der Waals surface area contributed by atoms with Crippen LogP contribution in [0.5, 0.6) is 0 Å². The summed E-state index contributed by atoms with van der Waals surface area (Å²) < 4.78 is 98.0. The molecule has 1 amide bonds. The van der Waals surface area contributed by atoms with E-state index in [2.05, 4.69) is 0 Å². The molecular formula is C30H30BF5N2O5S. The number of anilines is 1. The maximum atomic E-state index is 14.6. The fourth-order valence-corrected chi connectivity index (χ4v) is 7.79. The number of nitrogens with zero attached hydrogens (tertiary/aromatic N) is 2. The van der Waals surface area contributed by atoms with E-state index in [9.17, 15) is 45.2 Å². The van der Waals surface area contributed by atoms with Crippen molar-refractivity contribution in [1.29, 1.82) is 0 Å². The van der Waals surface area contributed by atoms with Gasteiger partial charge in [0.2, 0.25) is 21.7 Å². The summed E-state index contributed by atoms with van der Waals surface area (Å²) in [5.41, 5.74) is 2.26. The maximum absolute atomic E-state index is 14.6. The number of carbonyl (C=O) groups excluding carboxylic acids is 1. The van der Waals surface area contributed by atoms with Gasteiger partial charge in [0.25, 0.3) is 0 Å². The largest absolute Gasteiger partial charge is 0.488 e. The molecule has 1 aliphatic heterocycles. The van der Waals surface area contributed by atoms with Crippen molar-refractivity contribution in [3.63, 3.8) is 0 Å². The van der Waals surface area contributed by atoms with Gasteiger partial charge in [0.1, 0.15) is 6.04 Å². The summed E-state index contributed by atoms with van der Waals surface area (Å²) in [5, 5.41) is 19.0. The van der Waals surface area contributed by atoms with Gasteiger partial charge in [-0.15, -0.1) is 0 Å². The number of benzene rings is 3. The molecule has 0 unspecified atom stereocenters. The predicted molar refractivity (Wildman–Crippen MR) is 153 cm³/mol. The summed E-state index contributed by atoms with van der Waals surface area (Å²) in [6, 6.07) is 11.8. The molecule has 5 rings (SSSR count). The van der Waals surface area contributed by atoms with Gasteiger partial charge >= 0.3 is 7.12 Å². The minimum absolute atomic E-state index is 0.0439. The van der Waals surface area contributed by atoms with E-state index < -0.39 is 69.6 Å². The van der Waals surface area contributed by atoms with Crippen molar-refractivity contribution in [3.8, 4) is 0 Å². The van der Waals surface area contributed by atoms with Crippen LogP contribution in [0.25, 0.3) is 0 Å². The van der Waals surface area contributed by atoms with E-state index in [1.54, 1.807) is 0 Å². The summed E-state index contributed by atoms with van der Waals surface area (Å²) >= 11 is 0. The first-order valence-corrected chi connectivity index (χ1v) is 15.8. The van der Waals surface area contributed by atoms with Crippen LogP contribution < -0.4 is 10.4 Å². The number of carbonyl (C=O) groups is 1. The second-order valence-electron chi connectivity index (χ2n) is 11.1. The monoisotopic (exact) mass is 636 g/mol. The minimum Gasteiger partial charge on any atom is -0.423 e. The van der Waals surface area contributed by atoms with Gasteiger partial charge in [0.15, 0.2) is 28.2 Å². The van der Waals surface area contributed by atoms with Gasteiger partial charge in [-0.05, 0) is 60.3 Å². The topological polar surface area (TPSA) is 98.2 Å². The molecule has 1 saturated carbocycles. The highest BCUT2D eigenvalue weighted by Gasteiger charge is 2.45. The molecule has 1 heterocycles. The zero-order chi connectivity index (χ0) is 31.8. The Balaban J connectivity index is 1.49. The predicted octanol–water partition coefficient (Wildman–Crippen LogP) is 4.50. The molecule has 1 saturated heterocycles. The molecule has 3 aromatic carbocycles. The molecule has 3 aromatic rings. The summed E-state index contributed by atoms with van der Waals surface area (Å²) in [5.74, 6) is -12.7. The van der Waals surface area contributed by atoms with Crippen LogP contribution in [0.3, 0.4) is 0 Å². The summed E-state index contributed by atoms with van der Waals surface area (Å²) in [6.45, 7) is -0.435. The van der Waals surface area contributed by atoms with E-state index in [-0.39, 0.29) is 30.5 Å². The van der Waals surface area contributed by atoms with Gasteiger partial charge in [-0.3, -0.25) is 4.79 Å². The van der Waals surface area contributed by atoms with E-state index >= 15 is 0 Å². The Morgan fingerprint density at radius 2 is 1.36 bits per heavy atom. The molecule has 1 aliphatic carbocycles. The highest BCUT2D eigenvalue weighted by atomic mass is 32.2. The third-order valence-corrected chi connectivity index (χ3v) is 10.3. The second-order valence-corrected chi connectivity index (χ2v) is 13.0. The summed E-state index contributed by atoms with van der Waals surface area (Å²) in [4.78, 5) is 13.3. The van der Waals surface area contributed by atoms with Crippen LogP contribution in [0.4, 0.5) is 27.6 Å². The zero-order valence-corrected chi connectivity index (χ0v) is 24.3. The highest BCUT2D eigenvalue weighted by molar-refractivity contribution is 7.89. The molecule has 234 valence electrons. The molecule has 0 aromatic heterocycles. The lowest BCUT2D eigenvalue weighted by molar-refractivity contribution is -0.121. The van der Waals surface area contributed by atoms with Crippen molar-refractivity contribution in [3.05, 3.63) is 88.7 Å². The molecule has 0 radical (unpaired) electrons. The number of sulfonamides is 1. The number of amides is 1. The summed E-state index contributed by atoms with van der Waals surface area (Å²) in [6.07, 6.45) is 5.70. The van der Waals surface area contributed by atoms with Crippen LogP contribution in [-0.2, 0) is 21.4 Å². The van der Waals surface area contributed by atoms with Crippen molar-refractivity contribution in [1.82, 2.24) is 4.31 Å². The molecular weight excluding hydrogens is 606 g/mol. The number of hydrogen-bond acceptors (Lipinski definition) is 5. The van der Waals surface area contributed by atoms with E-state index in [0.717, 1.165) is 25.7 Å². The lowest BCUT2D eigenvalue weighted by Gasteiger charge is -2.30. The molecule has 7 nitrogen and oxygen atoms in total. The van der Waals surface area contributed by atoms with Gasteiger partial charge in [0.05, 0.1) is 6.54 Å². The Labute approximate surface area is 252 Å². The highest BCUT2D eigenvalue weighted by Crippen LogP contribution is 2.35. The van der Waals surface area contributed by atoms with Gasteiger partial charge < -0.3 is 14.9 Å². The van der Waals surface area contributed by atoms with Crippen LogP contribution in [-0.4, -0.2) is 48.4 Å². The SMILES string of the molecule is O=C([C@H]1CCCN1S(=O)(=O)c1c(F)c(F)c(F)c(F)c1F)N(Cc1ccc(C2CCCCC2)cc1)c1ccc(B(O)O)cc1. The number of rotatable bonds is 8. The Morgan fingerprint density at radius 3 is 1.93 bits per heavy atom. The Bertz CT molecular complexity index is 1610. The van der Waals surface area contributed by atoms with Crippen LogP contribution >= 0.6 is 0 Å². The number of halogens is 5. The van der Waals surface area contributed by atoms with Gasteiger partial charge in [-0.1, -0.05) is 55.7 Å². The van der Waals surface area contributed by atoms with Gasteiger partial charge in [-0.2, -0.15) is 4.31 Å². The Hall–Kier alpha value is -3.33. The Morgan fingerprint density at radius 1 is 0.795 bits per heavy atom. The van der Waals surface area contributed by atoms with Crippen molar-refractivity contribution in [2.24, 2.45) is 0 Å². The van der Waals surface area contributed by atoms with Gasteiger partial charge in [-0.25, -0.2) is 30.4 Å². The fourth-order valence-electron chi connectivity index (χ4n) is 6.02. The van der Waals surface area contributed by atoms with Crippen molar-refractivity contribution >= 4 is 34.2 Å². The van der Waals surface area contributed by atoms with Crippen LogP contribution in [0.2, 0.25) is 0 Å². The Kier molecular flexibility index (Phi) is 9.45. The second kappa shape index (κ2) is 13.0. The average molecular weight is 636 g/mol. The lowest BCUT2D eigenvalue weighted by atomic mass is 9.80. The van der Waals surface area contributed by atoms with Crippen LogP contribution in [0.1, 0.15) is 62.0 Å². The average Bonchev–Trinajstić information content (AvgIpc) is 3.54. The molecule has 0 bridgehead atoms. The maximum Gasteiger partial charge on any atom is 0.488 e. The van der Waals surface area contributed by atoms with Crippen LogP contribution in [0.15, 0.2) is 53.4 Å². The molecule has 2 aliphatic rings. The quantitative estimate of drug-likeness (QED) is 0.164. The third-order valence-electron chi connectivity index (χ3n) is 8.39. The minimum atomic E-state index is -5.36. The first-order chi connectivity index (χ1) is 20.9. The van der Waals surface area contributed by atoms with E-state index in [1.807, 2.05) is 24.3 Å². The van der Waals surface area contributed by atoms with E-state index in [1.165, 1.54) is 41.1 Å². The van der Waals surface area contributed by atoms with Crippen molar-refractivity contribution in [2.45, 2.75) is 68.3 Å². The molecule has 44 heavy (non-hydrogen) atoms. The smallest absolute Gasteiger partial charge is 0.423 e. The normalized spacial score (nSPS) is 18.0. The fraction of sp³-hybridized carbons (Fsp3) is 0.367. The third kappa shape index (κ3) is 6.12. The number of hydrogen-bond donors (Lipinski definition) is 2. The van der Waals surface area contributed by atoms with E-state index in [4.69, 9.17) is 0 Å². The van der Waals surface area contributed by atoms with Crippen LogP contribution in [0, 0.1) is 29.1 Å². The van der Waals surface area contributed by atoms with Crippen molar-refractivity contribution < 1.29 is 45.2 Å². The van der Waals surface area contributed by atoms with Crippen molar-refractivity contribution in [2.75, 3.05) is 11.4 Å². The zero-order valence-electron chi connectivity index (χ0n) is 23.5. The molecule has 2 fully saturated rings.